The molecule has 816 valence electrons. The van der Waals surface area contributed by atoms with Gasteiger partial charge in [0, 0.05) is 0 Å². The number of hydrogen-bond acceptors (Lipinski definition) is 56. The lowest BCUT2D eigenvalue weighted by Gasteiger charge is -2.51. The second-order valence-corrected chi connectivity index (χ2v) is 33.6. The van der Waals surface area contributed by atoms with E-state index in [1.54, 1.807) is 0 Å². The van der Waals surface area contributed by atoms with Crippen molar-refractivity contribution in [2.45, 2.75) is 348 Å². The largest absolute Gasteiger partial charge is 0.481 e. The number of carboxylic acid groups (broad SMARTS) is 8. The first-order valence-electron chi connectivity index (χ1n) is 44.3. The van der Waals surface area contributed by atoms with Crippen molar-refractivity contribution in [2.75, 3.05) is 52.9 Å². The molecule has 144 heavy (non-hydrogen) atoms. The zero-order valence-electron chi connectivity index (χ0n) is 75.1. The minimum Gasteiger partial charge on any atom is -0.481 e. The Morgan fingerprint density at radius 1 is 0.139 bits per heavy atom. The highest BCUT2D eigenvalue weighted by atomic mass is 16.8. The highest BCUT2D eigenvalue weighted by molar-refractivity contribution is 5.80. The Kier molecular flexibility index (Phi) is 44.8. The predicted octanol–water partition coefficient (Wildman–Crippen LogP) is -14.1. The maximum absolute atomic E-state index is 13.2. The molecule has 0 radical (unpaired) electrons. The van der Waals surface area contributed by atoms with E-state index < -0.39 is 497 Å². The molecule has 0 aromatic heterocycles. The van der Waals surface area contributed by atoms with Gasteiger partial charge in [-0.1, -0.05) is 0 Å². The van der Waals surface area contributed by atoms with E-state index in [2.05, 4.69) is 0 Å². The molecule has 16 bridgehead atoms. The van der Waals surface area contributed by atoms with E-state index in [4.69, 9.17) is 114 Å². The molecule has 40 atom stereocenters. The highest BCUT2D eigenvalue weighted by Crippen LogP contribution is 2.42. The Hall–Kier alpha value is -9.76. The zero-order chi connectivity index (χ0) is 106. The molecular weight excluding hydrogens is 1980 g/mol. The van der Waals surface area contributed by atoms with Crippen LogP contribution in [0.5, 0.6) is 0 Å². The van der Waals surface area contributed by atoms with Crippen molar-refractivity contribution in [3.05, 3.63) is 0 Å². The van der Waals surface area contributed by atoms with Crippen LogP contribution in [0, 0.1) is 0 Å². The molecule has 24 N–H and O–H groups in total. The summed E-state index contributed by atoms with van der Waals surface area (Å²) >= 11 is 0. The molecule has 30 saturated heterocycles. The predicted molar refractivity (Wildman–Crippen MR) is 427 cm³/mol. The topological polar surface area (TPSA) is 980 Å². The lowest BCUT2D eigenvalue weighted by molar-refractivity contribution is -0.404. The van der Waals surface area contributed by atoms with Crippen LogP contribution >= 0.6 is 0 Å². The minimum atomic E-state index is -2.72. The Bertz CT molecular complexity index is 3530. The smallest absolute Gasteiger partial charge is 0.306 e. The number of rotatable bonds is 40. The number of carbonyl (C=O) groups is 16. The summed E-state index contributed by atoms with van der Waals surface area (Å²) in [7, 11) is 0. The lowest BCUT2D eigenvalue weighted by Crippen LogP contribution is -2.69. The van der Waals surface area contributed by atoms with Gasteiger partial charge < -0.3 is 236 Å². The number of ether oxygens (including phenoxy) is 24. The van der Waals surface area contributed by atoms with Crippen LogP contribution in [0.3, 0.4) is 0 Å². The van der Waals surface area contributed by atoms with E-state index in [9.17, 15) is 199 Å². The summed E-state index contributed by atoms with van der Waals surface area (Å²) in [5, 5.41) is 270. The van der Waals surface area contributed by atoms with Crippen LogP contribution < -0.4 is 0 Å². The van der Waals surface area contributed by atoms with Crippen molar-refractivity contribution in [3.8, 4) is 0 Å². The van der Waals surface area contributed by atoms with E-state index in [-0.39, 0.29) is 0 Å². The summed E-state index contributed by atoms with van der Waals surface area (Å²) in [4.78, 5) is 199. The fourth-order valence-electron chi connectivity index (χ4n) is 15.5. The molecule has 30 aliphatic rings. The van der Waals surface area contributed by atoms with Gasteiger partial charge in [0.2, 0.25) is 0 Å². The molecule has 30 heterocycles. The molecule has 0 aromatic rings. The zero-order valence-corrected chi connectivity index (χ0v) is 75.1. The standard InChI is InChI=1S/C80H112O64/c81-33(82)1-9-41(97)121-17-25-65-49(105)57(113)73(129-25)138-66-26(18-122-42(98)10-2-34(83)84)131-75(59(115)51(66)107)140-68-28(20-124-44(100)12-4-36(87)88)133-77(61(117)53(68)109)142-70-30(22-126-46(102)14-6-38(91)92)135-79(63(119)55(70)111)144-72-32(24-128-48(104)16-8-40(95)96)136-80(64(120)56(72)112)143-71-31(23-127-47(103)15-7-39(93)94)134-78(62(118)54(71)110)141-69-29(21-125-45(101)13-5-37(89)90)132-76(60(116)52(69)108)139-67-27(19-123-43(99)11-3-35(85)86)130-74(137-65)58(114)50(67)106/h25-32,49-80,105-120H,1-24H2,(H,81,82)(H,83,84)(H,85,86)(H,87,88)(H,89,90)(H,91,92)(H,93,94)(H,95,96). The first-order valence-corrected chi connectivity index (χ1v) is 44.3. The molecule has 0 aliphatic carbocycles. The number of carboxylic acids is 8. The van der Waals surface area contributed by atoms with Gasteiger partial charge in [-0.2, -0.15) is 0 Å². The van der Waals surface area contributed by atoms with Gasteiger partial charge in [0.25, 0.3) is 0 Å². The second kappa shape index (κ2) is 54.8. The third kappa shape index (κ3) is 33.1. The number of esters is 8. The summed E-state index contributed by atoms with van der Waals surface area (Å²) in [6.07, 6.45) is -116. The molecule has 64 nitrogen and oxygen atoms in total. The monoisotopic (exact) mass is 2100 g/mol. The van der Waals surface area contributed by atoms with Crippen LogP contribution in [-0.2, 0) is 190 Å². The maximum atomic E-state index is 13.2. The van der Waals surface area contributed by atoms with Crippen LogP contribution in [0.1, 0.15) is 103 Å². The molecule has 0 saturated carbocycles. The van der Waals surface area contributed by atoms with Gasteiger partial charge in [-0.15, -0.1) is 0 Å². The van der Waals surface area contributed by atoms with Crippen LogP contribution in [0.4, 0.5) is 0 Å². The molecule has 30 aliphatic heterocycles. The van der Waals surface area contributed by atoms with E-state index in [1.807, 2.05) is 0 Å². The Labute approximate surface area is 807 Å². The number of carbonyl (C=O) groups excluding carboxylic acids is 8. The second-order valence-electron chi connectivity index (χ2n) is 33.6. The van der Waals surface area contributed by atoms with Gasteiger partial charge in [0.05, 0.1) is 103 Å². The Morgan fingerprint density at radius 2 is 0.229 bits per heavy atom. The van der Waals surface area contributed by atoms with Gasteiger partial charge in [-0.05, 0) is 0 Å². The SMILES string of the molecule is O=C(O)CCC(=O)OCC1OC2OC3C(COC(=O)CCC(=O)O)OC(OC4C(COC(=O)CCC(=O)O)OC(OC5C(COC(=O)CCC(=O)O)OC(OC6C(COC(=O)CCC(=O)O)OC(OC7C(COC(=O)CCC(=O)O)OC(OC8C(COC(=O)CCC(=O)O)OC(OC9C(COC(=O)CCC(=O)O)OC(OC1C(O)C2O)C(O)C9O)C(O)C8O)C(O)C7O)C(O)C6O)C(O)C5O)C(O)C4O)C(O)C3O. The average Bonchev–Trinajstić information content (AvgIpc) is 0.765. The number of aliphatic hydroxyl groups is 16. The lowest BCUT2D eigenvalue weighted by atomic mass is 9.94. The van der Waals surface area contributed by atoms with E-state index in [1.165, 1.54) is 0 Å². The molecule has 0 amide bonds. The van der Waals surface area contributed by atoms with Gasteiger partial charge >= 0.3 is 95.5 Å². The van der Waals surface area contributed by atoms with Gasteiger partial charge in [0.15, 0.2) is 50.3 Å². The first kappa shape index (κ1) is 118. The van der Waals surface area contributed by atoms with Crippen LogP contribution in [0.2, 0.25) is 0 Å². The third-order valence-corrected chi connectivity index (χ3v) is 23.1. The molecule has 40 unspecified atom stereocenters. The molecule has 0 aromatic carbocycles. The summed E-state index contributed by atoms with van der Waals surface area (Å²) in [6, 6.07) is 0. The van der Waals surface area contributed by atoms with Crippen molar-refractivity contribution in [1.82, 2.24) is 0 Å². The van der Waals surface area contributed by atoms with Crippen molar-refractivity contribution < 1.29 is 313 Å². The quantitative estimate of drug-likeness (QED) is 0.0200. The summed E-state index contributed by atoms with van der Waals surface area (Å²) < 4.78 is 138. The fraction of sp³-hybridized carbons (Fsp3) is 0.800. The maximum Gasteiger partial charge on any atom is 0.306 e. The molecule has 30 fully saturated rings. The summed E-state index contributed by atoms with van der Waals surface area (Å²) in [5.74, 6) is -23.6. The Balaban J connectivity index is 1.17. The molecular formula is C80H112O64. The molecule has 30 rings (SSSR count). The highest BCUT2D eigenvalue weighted by Gasteiger charge is 2.62. The molecule has 0 spiro atoms. The average molecular weight is 2100 g/mol. The molecule has 64 heteroatoms. The van der Waals surface area contributed by atoms with Crippen molar-refractivity contribution >= 4 is 95.5 Å². The van der Waals surface area contributed by atoms with Gasteiger partial charge in [-0.3, -0.25) is 76.7 Å². The first-order chi connectivity index (χ1) is 67.9. The number of aliphatic carboxylic acids is 8. The van der Waals surface area contributed by atoms with Crippen molar-refractivity contribution in [1.29, 1.82) is 0 Å². The summed E-state index contributed by atoms with van der Waals surface area (Å²) in [5.41, 5.74) is 0. The fourth-order valence-corrected chi connectivity index (χ4v) is 15.5. The normalized spacial score (nSPS) is 37.8. The van der Waals surface area contributed by atoms with Gasteiger partial charge in [-0.25, -0.2) is 0 Å². The van der Waals surface area contributed by atoms with Crippen LogP contribution in [0.25, 0.3) is 0 Å². The van der Waals surface area contributed by atoms with E-state index in [0.29, 0.717) is 0 Å². The Morgan fingerprint density at radius 3 is 0.312 bits per heavy atom. The third-order valence-electron chi connectivity index (χ3n) is 23.1. The van der Waals surface area contributed by atoms with Gasteiger partial charge in [0.1, 0.15) is 248 Å². The number of aliphatic hydroxyl groups excluding tert-OH is 16. The van der Waals surface area contributed by atoms with Crippen molar-refractivity contribution in [3.63, 3.8) is 0 Å². The summed E-state index contributed by atoms with van der Waals surface area (Å²) in [6.45, 7) is -10.4. The van der Waals surface area contributed by atoms with E-state index >= 15 is 0 Å². The number of hydrogen-bond donors (Lipinski definition) is 24. The minimum absolute atomic E-state index is 0.925. The van der Waals surface area contributed by atoms with Crippen LogP contribution in [-0.4, -0.2) is 517 Å². The van der Waals surface area contributed by atoms with Crippen molar-refractivity contribution in [2.24, 2.45) is 0 Å². The van der Waals surface area contributed by atoms with E-state index in [0.717, 1.165) is 0 Å². The van der Waals surface area contributed by atoms with Crippen LogP contribution in [0.15, 0.2) is 0 Å².